The molecule has 136 valence electrons. The molecule has 0 fully saturated rings. The highest BCUT2D eigenvalue weighted by Crippen LogP contribution is 2.11. The van der Waals surface area contributed by atoms with Crippen molar-refractivity contribution >= 4 is 12.4 Å². The number of methoxy groups -OCH3 is 2. The maximum Gasteiger partial charge on any atom is 0.138 e. The molecule has 0 aliphatic heterocycles. The summed E-state index contributed by atoms with van der Waals surface area (Å²) in [4.78, 5) is 0. The molecule has 0 heterocycles. The quantitative estimate of drug-likeness (QED) is 0.564. The predicted octanol–water partition coefficient (Wildman–Crippen LogP) is 3.50. The topological polar surface area (TPSA) is 67.2 Å². The van der Waals surface area contributed by atoms with Crippen LogP contribution in [0.2, 0.25) is 0 Å². The van der Waals surface area contributed by atoms with Crippen molar-refractivity contribution in [1.29, 1.82) is 0 Å². The van der Waals surface area contributed by atoms with Crippen molar-refractivity contribution < 1.29 is 9.47 Å². The van der Waals surface area contributed by atoms with Crippen LogP contribution < -0.4 is 20.3 Å². The van der Waals surface area contributed by atoms with Crippen LogP contribution >= 0.6 is 0 Å². The lowest BCUT2D eigenvalue weighted by molar-refractivity contribution is 0.414. The Kier molecular flexibility index (Phi) is 7.24. The summed E-state index contributed by atoms with van der Waals surface area (Å²) in [7, 11) is 3.28. The number of benzene rings is 2. The number of hydrazone groups is 2. The molecule has 2 N–H and O–H groups in total. The van der Waals surface area contributed by atoms with E-state index < -0.39 is 0 Å². The van der Waals surface area contributed by atoms with Gasteiger partial charge in [0.15, 0.2) is 0 Å². The van der Waals surface area contributed by atoms with Gasteiger partial charge in [-0.3, -0.25) is 10.9 Å². The van der Waals surface area contributed by atoms with E-state index in [9.17, 15) is 0 Å². The molecule has 0 radical (unpaired) electrons. The molecule has 2 rings (SSSR count). The summed E-state index contributed by atoms with van der Waals surface area (Å²) < 4.78 is 10.4. The first-order valence-electron chi connectivity index (χ1n) is 8.16. The van der Waals surface area contributed by atoms with Gasteiger partial charge < -0.3 is 9.47 Å². The number of hydrogen-bond donors (Lipinski definition) is 2. The molecule has 0 bridgehead atoms. The van der Waals surface area contributed by atoms with Crippen LogP contribution in [0.4, 0.5) is 0 Å². The SMILES string of the molecule is COc1cccc(/C=N/NC(N/N=C/c2cccc(OC)c2)=C(C)C)c1. The zero-order chi connectivity index (χ0) is 18.8. The third-order valence-corrected chi connectivity index (χ3v) is 3.47. The molecule has 26 heavy (non-hydrogen) atoms. The van der Waals surface area contributed by atoms with Gasteiger partial charge in [0, 0.05) is 0 Å². The summed E-state index contributed by atoms with van der Waals surface area (Å²) in [6, 6.07) is 15.3. The van der Waals surface area contributed by atoms with Crippen molar-refractivity contribution in [2.45, 2.75) is 13.8 Å². The minimum Gasteiger partial charge on any atom is -0.497 e. The molecule has 0 unspecified atom stereocenters. The van der Waals surface area contributed by atoms with Gasteiger partial charge in [-0.15, -0.1) is 0 Å². The third-order valence-electron chi connectivity index (χ3n) is 3.47. The van der Waals surface area contributed by atoms with Crippen LogP contribution in [-0.4, -0.2) is 26.6 Å². The van der Waals surface area contributed by atoms with Gasteiger partial charge in [-0.1, -0.05) is 24.3 Å². The van der Waals surface area contributed by atoms with E-state index in [-0.39, 0.29) is 0 Å². The van der Waals surface area contributed by atoms with E-state index in [2.05, 4.69) is 21.1 Å². The van der Waals surface area contributed by atoms with Crippen LogP contribution in [0.25, 0.3) is 0 Å². The van der Waals surface area contributed by atoms with E-state index in [0.29, 0.717) is 5.82 Å². The lowest BCUT2D eigenvalue weighted by Crippen LogP contribution is -2.20. The zero-order valence-electron chi connectivity index (χ0n) is 15.5. The van der Waals surface area contributed by atoms with Gasteiger partial charge in [-0.25, -0.2) is 0 Å². The minimum absolute atomic E-state index is 0.711. The fourth-order valence-corrected chi connectivity index (χ4v) is 2.03. The molecule has 0 spiro atoms. The summed E-state index contributed by atoms with van der Waals surface area (Å²) in [5.74, 6) is 2.29. The minimum atomic E-state index is 0.711. The van der Waals surface area contributed by atoms with Gasteiger partial charge in [-0.05, 0) is 54.8 Å². The highest BCUT2D eigenvalue weighted by atomic mass is 16.5. The highest BCUT2D eigenvalue weighted by Gasteiger charge is 1.97. The molecule has 0 aromatic heterocycles. The van der Waals surface area contributed by atoms with Crippen molar-refractivity contribution in [3.05, 3.63) is 71.1 Å². The number of nitrogens with zero attached hydrogens (tertiary/aromatic N) is 2. The molecule has 0 atom stereocenters. The standard InChI is InChI=1S/C20H24N4O2/c1-15(2)20(23-21-13-16-7-5-9-18(11-16)25-3)24-22-14-17-8-6-10-19(12-17)26-4/h5-14,23-24H,1-4H3/b21-13+,22-14+. The van der Waals surface area contributed by atoms with Crippen molar-refractivity contribution in [2.75, 3.05) is 14.2 Å². The molecule has 2 aromatic carbocycles. The molecule has 0 aliphatic rings. The van der Waals surface area contributed by atoms with Gasteiger partial charge in [0.1, 0.15) is 17.3 Å². The summed E-state index contributed by atoms with van der Waals surface area (Å²) in [5, 5.41) is 8.49. The molecule has 0 saturated carbocycles. The predicted molar refractivity (Wildman–Crippen MR) is 106 cm³/mol. The monoisotopic (exact) mass is 352 g/mol. The highest BCUT2D eigenvalue weighted by molar-refractivity contribution is 5.80. The van der Waals surface area contributed by atoms with Gasteiger partial charge in [-0.2, -0.15) is 10.2 Å². The van der Waals surface area contributed by atoms with E-state index in [1.807, 2.05) is 62.4 Å². The molecule has 6 heteroatoms. The summed E-state index contributed by atoms with van der Waals surface area (Å²) in [5.41, 5.74) is 8.84. The number of allylic oxidation sites excluding steroid dienone is 1. The summed E-state index contributed by atoms with van der Waals surface area (Å²) in [6.07, 6.45) is 3.44. The fourth-order valence-electron chi connectivity index (χ4n) is 2.03. The van der Waals surface area contributed by atoms with Gasteiger partial charge in [0.25, 0.3) is 0 Å². The van der Waals surface area contributed by atoms with Gasteiger partial charge in [0.05, 0.1) is 26.6 Å². The molecular weight excluding hydrogens is 328 g/mol. The summed E-state index contributed by atoms with van der Waals surface area (Å²) >= 11 is 0. The maximum absolute atomic E-state index is 5.20. The fraction of sp³-hybridized carbons (Fsp3) is 0.200. The summed E-state index contributed by atoms with van der Waals surface area (Å²) in [6.45, 7) is 3.94. The number of nitrogens with one attached hydrogen (secondary N) is 2. The van der Waals surface area contributed by atoms with Crippen LogP contribution in [0.1, 0.15) is 25.0 Å². The Morgan fingerprint density at radius 3 is 1.65 bits per heavy atom. The van der Waals surface area contributed by atoms with Crippen LogP contribution in [-0.2, 0) is 0 Å². The molecule has 2 aromatic rings. The van der Waals surface area contributed by atoms with E-state index in [4.69, 9.17) is 9.47 Å². The molecule has 0 amide bonds. The largest absolute Gasteiger partial charge is 0.497 e. The molecular formula is C20H24N4O2. The Bertz CT molecular complexity index is 747. The average molecular weight is 352 g/mol. The number of rotatable bonds is 8. The van der Waals surface area contributed by atoms with Crippen LogP contribution in [0.3, 0.4) is 0 Å². The molecule has 0 saturated heterocycles. The lowest BCUT2D eigenvalue weighted by Gasteiger charge is -2.08. The van der Waals surface area contributed by atoms with Crippen molar-refractivity contribution in [2.24, 2.45) is 10.2 Å². The second-order valence-corrected chi connectivity index (χ2v) is 5.67. The van der Waals surface area contributed by atoms with Crippen molar-refractivity contribution in [3.63, 3.8) is 0 Å². The smallest absolute Gasteiger partial charge is 0.138 e. The second kappa shape index (κ2) is 9.88. The van der Waals surface area contributed by atoms with E-state index in [1.54, 1.807) is 26.6 Å². The normalized spacial score (nSPS) is 10.8. The maximum atomic E-state index is 5.20. The number of ether oxygens (including phenoxy) is 2. The average Bonchev–Trinajstić information content (AvgIpc) is 2.67. The Labute approximate surface area is 154 Å². The first-order valence-corrected chi connectivity index (χ1v) is 8.16. The van der Waals surface area contributed by atoms with Gasteiger partial charge in [0.2, 0.25) is 0 Å². The lowest BCUT2D eigenvalue weighted by atomic mass is 10.2. The zero-order valence-corrected chi connectivity index (χ0v) is 15.5. The Hall–Kier alpha value is -3.28. The Morgan fingerprint density at radius 2 is 1.27 bits per heavy atom. The first-order chi connectivity index (χ1) is 12.6. The van der Waals surface area contributed by atoms with Crippen LogP contribution in [0.15, 0.2) is 70.1 Å². The third kappa shape index (κ3) is 5.98. The van der Waals surface area contributed by atoms with Gasteiger partial charge >= 0.3 is 0 Å². The van der Waals surface area contributed by atoms with Crippen molar-refractivity contribution in [3.8, 4) is 11.5 Å². The molecule has 6 nitrogen and oxygen atoms in total. The van der Waals surface area contributed by atoms with E-state index in [0.717, 1.165) is 28.2 Å². The van der Waals surface area contributed by atoms with Crippen LogP contribution in [0, 0.1) is 0 Å². The van der Waals surface area contributed by atoms with Crippen molar-refractivity contribution in [1.82, 2.24) is 10.9 Å². The molecule has 0 aliphatic carbocycles. The first kappa shape index (κ1) is 19.1. The van der Waals surface area contributed by atoms with E-state index >= 15 is 0 Å². The number of hydrogen-bond acceptors (Lipinski definition) is 6. The van der Waals surface area contributed by atoms with E-state index in [1.165, 1.54) is 0 Å². The Morgan fingerprint density at radius 1 is 0.808 bits per heavy atom. The van der Waals surface area contributed by atoms with Crippen LogP contribution in [0.5, 0.6) is 11.5 Å². The Balaban J connectivity index is 1.97. The second-order valence-electron chi connectivity index (χ2n) is 5.67.